The van der Waals surface area contributed by atoms with Gasteiger partial charge in [0, 0.05) is 30.2 Å². The van der Waals surface area contributed by atoms with Crippen LogP contribution in [0.15, 0.2) is 47.8 Å². The first-order valence-electron chi connectivity index (χ1n) is 8.73. The van der Waals surface area contributed by atoms with Crippen LogP contribution in [-0.2, 0) is 6.54 Å². The summed E-state index contributed by atoms with van der Waals surface area (Å²) in [6, 6.07) is 5.16. The topological polar surface area (TPSA) is 90.0 Å². The van der Waals surface area contributed by atoms with E-state index in [4.69, 9.17) is 0 Å². The molecule has 4 heterocycles. The minimum absolute atomic E-state index is 0.0381. The highest BCUT2D eigenvalue weighted by molar-refractivity contribution is 5.88. The standard InChI is InChI=1S/C20H20N4O3/c1-20(2,3)17-11-24-18(13(9-22-24)12-4-6-21-7-5-12)15-8-16(25)14(19(26)27)10-23(15)17/h4-10,17H,11H2,1-3H3,(H,26,27)/t17-/m0/s1. The number of carboxylic acid groups (broad SMARTS) is 1. The number of aromatic carboxylic acids is 1. The molecule has 0 aromatic carbocycles. The van der Waals surface area contributed by atoms with Crippen molar-refractivity contribution in [3.8, 4) is 22.5 Å². The Labute approximate surface area is 155 Å². The van der Waals surface area contributed by atoms with E-state index in [1.165, 1.54) is 12.3 Å². The number of hydrogen-bond donors (Lipinski definition) is 1. The Kier molecular flexibility index (Phi) is 3.76. The van der Waals surface area contributed by atoms with E-state index in [0.29, 0.717) is 12.2 Å². The van der Waals surface area contributed by atoms with E-state index in [1.54, 1.807) is 18.6 Å². The van der Waals surface area contributed by atoms with Crippen LogP contribution in [0.25, 0.3) is 22.5 Å². The summed E-state index contributed by atoms with van der Waals surface area (Å²) in [6.45, 7) is 6.88. The largest absolute Gasteiger partial charge is 0.477 e. The Morgan fingerprint density at radius 1 is 1.26 bits per heavy atom. The summed E-state index contributed by atoms with van der Waals surface area (Å²) in [6.07, 6.45) is 6.68. The molecule has 0 saturated carbocycles. The van der Waals surface area contributed by atoms with Crippen molar-refractivity contribution in [2.45, 2.75) is 33.4 Å². The lowest BCUT2D eigenvalue weighted by molar-refractivity contribution is 0.0693. The fourth-order valence-corrected chi connectivity index (χ4v) is 3.64. The molecular weight excluding hydrogens is 344 g/mol. The predicted molar refractivity (Wildman–Crippen MR) is 101 cm³/mol. The van der Waals surface area contributed by atoms with Crippen molar-refractivity contribution in [1.82, 2.24) is 19.3 Å². The van der Waals surface area contributed by atoms with Gasteiger partial charge in [0.05, 0.1) is 30.2 Å². The summed E-state index contributed by atoms with van der Waals surface area (Å²) >= 11 is 0. The Bertz CT molecular complexity index is 1090. The maximum Gasteiger partial charge on any atom is 0.341 e. The average molecular weight is 364 g/mol. The number of fused-ring (bicyclic) bond motifs is 3. The average Bonchev–Trinajstić information content (AvgIpc) is 3.04. The summed E-state index contributed by atoms with van der Waals surface area (Å²) in [7, 11) is 0. The highest BCUT2D eigenvalue weighted by Crippen LogP contribution is 2.42. The van der Waals surface area contributed by atoms with Crippen molar-refractivity contribution in [1.29, 1.82) is 0 Å². The van der Waals surface area contributed by atoms with E-state index in [1.807, 2.05) is 21.4 Å². The lowest BCUT2D eigenvalue weighted by Crippen LogP contribution is -2.35. The molecule has 3 aromatic heterocycles. The van der Waals surface area contributed by atoms with Gasteiger partial charge in [0.1, 0.15) is 5.56 Å². The second-order valence-electron chi connectivity index (χ2n) is 7.86. The van der Waals surface area contributed by atoms with Gasteiger partial charge in [-0.25, -0.2) is 4.79 Å². The van der Waals surface area contributed by atoms with Gasteiger partial charge in [-0.1, -0.05) is 20.8 Å². The van der Waals surface area contributed by atoms with Crippen LogP contribution in [0.3, 0.4) is 0 Å². The Morgan fingerprint density at radius 2 is 1.96 bits per heavy atom. The molecule has 0 radical (unpaired) electrons. The maximum absolute atomic E-state index is 12.4. The molecule has 3 aromatic rings. The number of aromatic nitrogens is 4. The lowest BCUT2D eigenvalue weighted by atomic mass is 9.84. The smallest absolute Gasteiger partial charge is 0.341 e. The highest BCUT2D eigenvalue weighted by atomic mass is 16.4. The van der Waals surface area contributed by atoms with Crippen molar-refractivity contribution >= 4 is 5.97 Å². The molecular formula is C20H20N4O3. The second-order valence-corrected chi connectivity index (χ2v) is 7.86. The molecule has 0 bridgehead atoms. The zero-order valence-corrected chi connectivity index (χ0v) is 15.4. The molecule has 0 aliphatic carbocycles. The molecule has 1 N–H and O–H groups in total. The quantitative estimate of drug-likeness (QED) is 0.755. The summed E-state index contributed by atoms with van der Waals surface area (Å²) in [5.41, 5.74) is 2.46. The number of pyridine rings is 2. The molecule has 1 aliphatic heterocycles. The number of carbonyl (C=O) groups is 1. The normalized spacial score (nSPS) is 15.9. The number of carboxylic acids is 1. The third kappa shape index (κ3) is 2.75. The first kappa shape index (κ1) is 17.2. The van der Waals surface area contributed by atoms with Crippen molar-refractivity contribution < 1.29 is 9.90 Å². The molecule has 0 fully saturated rings. The molecule has 0 unspecified atom stereocenters. The monoisotopic (exact) mass is 364 g/mol. The van der Waals surface area contributed by atoms with E-state index in [0.717, 1.165) is 16.8 Å². The number of rotatable bonds is 2. The Balaban J connectivity index is 2.02. The van der Waals surface area contributed by atoms with Gasteiger partial charge in [0.2, 0.25) is 0 Å². The van der Waals surface area contributed by atoms with Crippen LogP contribution in [0.2, 0.25) is 0 Å². The van der Waals surface area contributed by atoms with Crippen molar-refractivity contribution in [2.24, 2.45) is 5.41 Å². The highest BCUT2D eigenvalue weighted by Gasteiger charge is 2.35. The van der Waals surface area contributed by atoms with Gasteiger partial charge in [0.15, 0.2) is 5.43 Å². The first-order chi connectivity index (χ1) is 12.8. The van der Waals surface area contributed by atoms with Gasteiger partial charge in [-0.2, -0.15) is 5.10 Å². The summed E-state index contributed by atoms with van der Waals surface area (Å²) in [5, 5.41) is 14.0. The molecule has 0 amide bonds. The molecule has 4 rings (SSSR count). The van der Waals surface area contributed by atoms with Crippen LogP contribution < -0.4 is 5.43 Å². The minimum Gasteiger partial charge on any atom is -0.477 e. The fourth-order valence-electron chi connectivity index (χ4n) is 3.64. The van der Waals surface area contributed by atoms with Gasteiger partial charge in [-0.3, -0.25) is 14.5 Å². The Hall–Kier alpha value is -3.22. The summed E-state index contributed by atoms with van der Waals surface area (Å²) in [4.78, 5) is 28.0. The van der Waals surface area contributed by atoms with Gasteiger partial charge in [-0.15, -0.1) is 0 Å². The van der Waals surface area contributed by atoms with Crippen LogP contribution >= 0.6 is 0 Å². The molecule has 27 heavy (non-hydrogen) atoms. The minimum atomic E-state index is -1.21. The molecule has 7 heteroatoms. The molecule has 138 valence electrons. The molecule has 1 aliphatic rings. The molecule has 1 atom stereocenters. The second kappa shape index (κ2) is 5.90. The third-order valence-corrected chi connectivity index (χ3v) is 5.06. The number of hydrogen-bond acceptors (Lipinski definition) is 4. The third-order valence-electron chi connectivity index (χ3n) is 5.06. The van der Waals surface area contributed by atoms with E-state index >= 15 is 0 Å². The van der Waals surface area contributed by atoms with Crippen molar-refractivity contribution in [3.05, 3.63) is 58.8 Å². The maximum atomic E-state index is 12.4. The zero-order chi connectivity index (χ0) is 19.3. The SMILES string of the molecule is CC(C)(C)[C@@H]1Cn2ncc(-c3ccncc3)c2-c2cc(=O)c(C(=O)O)cn21. The van der Waals surface area contributed by atoms with Crippen LogP contribution in [0.4, 0.5) is 0 Å². The molecule has 7 nitrogen and oxygen atoms in total. The van der Waals surface area contributed by atoms with E-state index in [2.05, 4.69) is 30.9 Å². The van der Waals surface area contributed by atoms with Gasteiger partial charge >= 0.3 is 5.97 Å². The molecule has 0 saturated heterocycles. The van der Waals surface area contributed by atoms with Gasteiger partial charge < -0.3 is 9.67 Å². The van der Waals surface area contributed by atoms with E-state index in [9.17, 15) is 14.7 Å². The van der Waals surface area contributed by atoms with Crippen molar-refractivity contribution in [2.75, 3.05) is 0 Å². The zero-order valence-electron chi connectivity index (χ0n) is 15.4. The van der Waals surface area contributed by atoms with Crippen LogP contribution in [0.1, 0.15) is 37.2 Å². The summed E-state index contributed by atoms with van der Waals surface area (Å²) < 4.78 is 3.83. The summed E-state index contributed by atoms with van der Waals surface area (Å²) in [5.74, 6) is -1.21. The van der Waals surface area contributed by atoms with Crippen molar-refractivity contribution in [3.63, 3.8) is 0 Å². The van der Waals surface area contributed by atoms with Gasteiger partial charge in [-0.05, 0) is 23.1 Å². The first-order valence-corrected chi connectivity index (χ1v) is 8.73. The Morgan fingerprint density at radius 3 is 2.59 bits per heavy atom. The van der Waals surface area contributed by atoms with E-state index in [-0.39, 0.29) is 17.0 Å². The molecule has 0 spiro atoms. The van der Waals surface area contributed by atoms with Crippen LogP contribution in [-0.4, -0.2) is 30.4 Å². The fraction of sp³-hybridized carbons (Fsp3) is 0.300. The predicted octanol–water partition coefficient (Wildman–Crippen LogP) is 3.07. The van der Waals surface area contributed by atoms with Crippen LogP contribution in [0, 0.1) is 5.41 Å². The van der Waals surface area contributed by atoms with E-state index < -0.39 is 11.4 Å². The lowest BCUT2D eigenvalue weighted by Gasteiger charge is -2.38. The number of nitrogens with zero attached hydrogens (tertiary/aromatic N) is 4. The van der Waals surface area contributed by atoms with Gasteiger partial charge in [0.25, 0.3) is 0 Å². The van der Waals surface area contributed by atoms with Crippen LogP contribution in [0.5, 0.6) is 0 Å².